The molecule has 1 aliphatic rings. The van der Waals surface area contributed by atoms with E-state index in [1.54, 1.807) is 5.57 Å². The van der Waals surface area contributed by atoms with Crippen LogP contribution in [-0.4, -0.2) is 0 Å². The molecule has 1 fully saturated rings. The molecule has 0 spiro atoms. The van der Waals surface area contributed by atoms with E-state index in [1.807, 2.05) is 0 Å². The van der Waals surface area contributed by atoms with Crippen molar-refractivity contribution in [2.24, 2.45) is 29.1 Å². The van der Waals surface area contributed by atoms with Crippen LogP contribution in [0.3, 0.4) is 0 Å². The number of hydrogen-bond donors (Lipinski definition) is 0. The molecule has 0 amide bonds. The van der Waals surface area contributed by atoms with Gasteiger partial charge in [-0.1, -0.05) is 66.5 Å². The van der Waals surface area contributed by atoms with Crippen molar-refractivity contribution in [3.8, 4) is 0 Å². The average molecular weight is 264 g/mol. The summed E-state index contributed by atoms with van der Waals surface area (Å²) in [6.07, 6.45) is 8.06. The predicted molar refractivity (Wildman–Crippen MR) is 87.3 cm³/mol. The second-order valence-corrected chi connectivity index (χ2v) is 8.10. The van der Waals surface area contributed by atoms with Crippen LogP contribution in [0.15, 0.2) is 12.2 Å². The molecule has 4 unspecified atom stereocenters. The van der Waals surface area contributed by atoms with Crippen molar-refractivity contribution >= 4 is 0 Å². The molecule has 0 aliphatic heterocycles. The van der Waals surface area contributed by atoms with E-state index < -0.39 is 0 Å². The van der Waals surface area contributed by atoms with Crippen LogP contribution in [-0.2, 0) is 0 Å². The molecule has 0 N–H and O–H groups in total. The van der Waals surface area contributed by atoms with Crippen LogP contribution in [0.4, 0.5) is 0 Å². The first-order valence-corrected chi connectivity index (χ1v) is 8.46. The van der Waals surface area contributed by atoms with Gasteiger partial charge in [-0.15, -0.1) is 0 Å². The smallest absolute Gasteiger partial charge is 0.0175 e. The molecule has 0 aromatic heterocycles. The van der Waals surface area contributed by atoms with E-state index in [0.717, 1.165) is 23.7 Å². The lowest BCUT2D eigenvalue weighted by atomic mass is 9.64. The third-order valence-corrected chi connectivity index (χ3v) is 5.42. The van der Waals surface area contributed by atoms with Gasteiger partial charge in [0.2, 0.25) is 0 Å². The minimum Gasteiger partial charge on any atom is -0.0996 e. The molecule has 0 heterocycles. The van der Waals surface area contributed by atoms with Gasteiger partial charge in [-0.25, -0.2) is 0 Å². The summed E-state index contributed by atoms with van der Waals surface area (Å²) in [6.45, 7) is 18.7. The van der Waals surface area contributed by atoms with E-state index in [9.17, 15) is 0 Å². The van der Waals surface area contributed by atoms with Crippen LogP contribution in [0.5, 0.6) is 0 Å². The van der Waals surface area contributed by atoms with Gasteiger partial charge in [-0.05, 0) is 54.8 Å². The third-order valence-electron chi connectivity index (χ3n) is 5.42. The second kappa shape index (κ2) is 6.95. The quantitative estimate of drug-likeness (QED) is 0.499. The third kappa shape index (κ3) is 4.97. The van der Waals surface area contributed by atoms with Crippen LogP contribution in [0.2, 0.25) is 0 Å². The molecule has 0 nitrogen and oxygen atoms in total. The molecule has 0 heteroatoms. The van der Waals surface area contributed by atoms with Crippen LogP contribution < -0.4 is 0 Å². The topological polar surface area (TPSA) is 0 Å². The van der Waals surface area contributed by atoms with Crippen LogP contribution in [0, 0.1) is 29.1 Å². The summed E-state index contributed by atoms with van der Waals surface area (Å²) in [6, 6.07) is 0. The lowest BCUT2D eigenvalue weighted by Gasteiger charge is -2.41. The second-order valence-electron chi connectivity index (χ2n) is 8.10. The molecule has 4 atom stereocenters. The molecule has 19 heavy (non-hydrogen) atoms. The maximum atomic E-state index is 4.47. The van der Waals surface area contributed by atoms with Gasteiger partial charge >= 0.3 is 0 Å². The van der Waals surface area contributed by atoms with Gasteiger partial charge < -0.3 is 0 Å². The van der Waals surface area contributed by atoms with E-state index in [-0.39, 0.29) is 0 Å². The average Bonchev–Trinajstić information content (AvgIpc) is 2.35. The lowest BCUT2D eigenvalue weighted by Crippen LogP contribution is -2.31. The highest BCUT2D eigenvalue weighted by Gasteiger charge is 2.34. The predicted octanol–water partition coefficient (Wildman–Crippen LogP) is 6.47. The van der Waals surface area contributed by atoms with Gasteiger partial charge in [0.25, 0.3) is 0 Å². The van der Waals surface area contributed by atoms with Gasteiger partial charge in [0.15, 0.2) is 0 Å². The zero-order chi connectivity index (χ0) is 14.6. The van der Waals surface area contributed by atoms with Gasteiger partial charge in [-0.2, -0.15) is 0 Å². The Labute approximate surface area is 122 Å². The zero-order valence-electron chi connectivity index (χ0n) is 14.3. The first-order chi connectivity index (χ1) is 8.78. The molecule has 1 saturated carbocycles. The van der Waals surface area contributed by atoms with Crippen molar-refractivity contribution in [2.45, 2.75) is 80.1 Å². The summed E-state index contributed by atoms with van der Waals surface area (Å²) in [4.78, 5) is 0. The fraction of sp³-hybridized carbons (Fsp3) is 0.895. The Bertz CT molecular complexity index is 281. The van der Waals surface area contributed by atoms with Crippen LogP contribution >= 0.6 is 0 Å². The summed E-state index contributed by atoms with van der Waals surface area (Å²) in [7, 11) is 0. The van der Waals surface area contributed by atoms with Gasteiger partial charge in [0, 0.05) is 0 Å². The molecule has 1 aliphatic carbocycles. The van der Waals surface area contributed by atoms with Crippen molar-refractivity contribution in [3.05, 3.63) is 12.2 Å². The summed E-state index contributed by atoms with van der Waals surface area (Å²) < 4.78 is 0. The fourth-order valence-electron chi connectivity index (χ4n) is 3.77. The molecular weight excluding hydrogens is 228 g/mol. The Morgan fingerprint density at radius 3 is 2.21 bits per heavy atom. The molecule has 0 aromatic carbocycles. The summed E-state index contributed by atoms with van der Waals surface area (Å²) in [5.74, 6) is 3.50. The molecule has 0 aromatic rings. The Morgan fingerprint density at radius 1 is 1.11 bits per heavy atom. The fourth-order valence-corrected chi connectivity index (χ4v) is 3.77. The Morgan fingerprint density at radius 2 is 1.74 bits per heavy atom. The van der Waals surface area contributed by atoms with Crippen molar-refractivity contribution in [3.63, 3.8) is 0 Å². The SMILES string of the molecule is C=C(CCC(C)(C)C)C1CC(CC)CC(CC)C1C. The number of rotatable bonds is 5. The highest BCUT2D eigenvalue weighted by atomic mass is 14.4. The highest BCUT2D eigenvalue weighted by molar-refractivity contribution is 5.06. The minimum atomic E-state index is 0.440. The van der Waals surface area contributed by atoms with Crippen molar-refractivity contribution in [2.75, 3.05) is 0 Å². The lowest BCUT2D eigenvalue weighted by molar-refractivity contribution is 0.130. The van der Waals surface area contributed by atoms with E-state index in [2.05, 4.69) is 48.1 Å². The summed E-state index contributed by atoms with van der Waals surface area (Å²) in [5, 5.41) is 0. The molecule has 1 rings (SSSR count). The monoisotopic (exact) mass is 264 g/mol. The maximum absolute atomic E-state index is 4.47. The van der Waals surface area contributed by atoms with Gasteiger partial charge in [0.1, 0.15) is 0 Å². The van der Waals surface area contributed by atoms with E-state index in [1.165, 1.54) is 38.5 Å². The van der Waals surface area contributed by atoms with Gasteiger partial charge in [-0.3, -0.25) is 0 Å². The molecular formula is C19H36. The zero-order valence-corrected chi connectivity index (χ0v) is 14.3. The first-order valence-electron chi connectivity index (χ1n) is 8.46. The van der Waals surface area contributed by atoms with Crippen molar-refractivity contribution < 1.29 is 0 Å². The molecule has 0 bridgehead atoms. The molecule has 0 saturated heterocycles. The Balaban J connectivity index is 2.65. The van der Waals surface area contributed by atoms with E-state index in [4.69, 9.17) is 0 Å². The minimum absolute atomic E-state index is 0.440. The van der Waals surface area contributed by atoms with Crippen LogP contribution in [0.25, 0.3) is 0 Å². The first kappa shape index (κ1) is 16.8. The van der Waals surface area contributed by atoms with Crippen LogP contribution in [0.1, 0.15) is 80.1 Å². The number of allylic oxidation sites excluding steroid dienone is 1. The van der Waals surface area contributed by atoms with Gasteiger partial charge in [0.05, 0.1) is 0 Å². The summed E-state index contributed by atoms with van der Waals surface area (Å²) >= 11 is 0. The summed E-state index contributed by atoms with van der Waals surface area (Å²) in [5.41, 5.74) is 1.98. The normalized spacial score (nSPS) is 32.3. The highest BCUT2D eigenvalue weighted by Crippen LogP contribution is 2.45. The number of hydrogen-bond acceptors (Lipinski definition) is 0. The van der Waals surface area contributed by atoms with Crippen molar-refractivity contribution in [1.82, 2.24) is 0 Å². The Kier molecular flexibility index (Phi) is 6.15. The molecule has 112 valence electrons. The van der Waals surface area contributed by atoms with Crippen molar-refractivity contribution in [1.29, 1.82) is 0 Å². The van der Waals surface area contributed by atoms with E-state index >= 15 is 0 Å². The maximum Gasteiger partial charge on any atom is -0.0175 e. The standard InChI is InChI=1S/C19H36/c1-8-16-12-17(9-2)15(4)18(13-16)14(3)10-11-19(5,6)7/h15-18H,3,8-13H2,1-2,4-7H3. The largest absolute Gasteiger partial charge is 0.0996 e. The molecule has 0 radical (unpaired) electrons. The Hall–Kier alpha value is -0.260. The van der Waals surface area contributed by atoms with E-state index in [0.29, 0.717) is 5.41 Å².